The summed E-state index contributed by atoms with van der Waals surface area (Å²) < 4.78 is 26.5. The number of halogens is 2. The van der Waals surface area contributed by atoms with Crippen molar-refractivity contribution in [3.8, 4) is 0 Å². The van der Waals surface area contributed by atoms with E-state index in [-0.39, 0.29) is 11.9 Å². The molecule has 19 heavy (non-hydrogen) atoms. The van der Waals surface area contributed by atoms with Crippen LogP contribution in [0.5, 0.6) is 0 Å². The fraction of sp³-hybridized carbons (Fsp3) is 0.250. The first kappa shape index (κ1) is 13.7. The quantitative estimate of drug-likeness (QED) is 0.872. The third-order valence-electron chi connectivity index (χ3n) is 3.18. The second-order valence-electron chi connectivity index (χ2n) is 4.75. The molecule has 2 rings (SSSR count). The van der Waals surface area contributed by atoms with Crippen LogP contribution in [-0.4, -0.2) is 0 Å². The Labute approximate surface area is 112 Å². The van der Waals surface area contributed by atoms with Crippen LogP contribution in [0.3, 0.4) is 0 Å². The highest BCUT2D eigenvalue weighted by molar-refractivity contribution is 5.24. The van der Waals surface area contributed by atoms with Crippen LogP contribution >= 0.6 is 0 Å². The highest BCUT2D eigenvalue weighted by Gasteiger charge is 2.07. The van der Waals surface area contributed by atoms with Crippen molar-refractivity contribution in [3.63, 3.8) is 0 Å². The molecule has 100 valence electrons. The summed E-state index contributed by atoms with van der Waals surface area (Å²) in [5.74, 6) is -0.800. The summed E-state index contributed by atoms with van der Waals surface area (Å²) in [4.78, 5) is 0. The van der Waals surface area contributed by atoms with Crippen molar-refractivity contribution < 1.29 is 8.78 Å². The standard InChI is InChI=1S/C16H17F2N/c1-11-3-5-13(6-4-11)12(2)19-10-14-9-15(17)7-8-16(14)18/h3-9,12,19H,10H2,1-2H3/t12-/m0/s1. The Balaban J connectivity index is 2.02. The van der Waals surface area contributed by atoms with E-state index in [4.69, 9.17) is 0 Å². The van der Waals surface area contributed by atoms with Gasteiger partial charge in [-0.3, -0.25) is 0 Å². The zero-order valence-corrected chi connectivity index (χ0v) is 11.1. The zero-order chi connectivity index (χ0) is 13.8. The average Bonchev–Trinajstić information content (AvgIpc) is 2.40. The molecule has 0 heterocycles. The maximum atomic E-state index is 13.5. The van der Waals surface area contributed by atoms with Crippen LogP contribution < -0.4 is 5.32 Å². The molecule has 0 aliphatic heterocycles. The lowest BCUT2D eigenvalue weighted by Crippen LogP contribution is -2.18. The first-order valence-electron chi connectivity index (χ1n) is 6.30. The normalized spacial score (nSPS) is 12.4. The van der Waals surface area contributed by atoms with Crippen molar-refractivity contribution >= 4 is 0 Å². The van der Waals surface area contributed by atoms with Gasteiger partial charge >= 0.3 is 0 Å². The summed E-state index contributed by atoms with van der Waals surface area (Å²) in [5, 5.41) is 3.20. The van der Waals surface area contributed by atoms with Gasteiger partial charge in [0.05, 0.1) is 0 Å². The first-order valence-corrected chi connectivity index (χ1v) is 6.30. The van der Waals surface area contributed by atoms with E-state index < -0.39 is 5.82 Å². The molecule has 0 aliphatic carbocycles. The number of rotatable bonds is 4. The van der Waals surface area contributed by atoms with Gasteiger partial charge in [0.25, 0.3) is 0 Å². The Kier molecular flexibility index (Phi) is 4.27. The maximum absolute atomic E-state index is 13.5. The van der Waals surface area contributed by atoms with Gasteiger partial charge in [-0.1, -0.05) is 29.8 Å². The van der Waals surface area contributed by atoms with Gasteiger partial charge in [0.15, 0.2) is 0 Å². The summed E-state index contributed by atoms with van der Waals surface area (Å²) >= 11 is 0. The third kappa shape index (κ3) is 3.61. The van der Waals surface area contributed by atoms with Gasteiger partial charge in [-0.05, 0) is 37.6 Å². The predicted octanol–water partition coefficient (Wildman–Crippen LogP) is 4.12. The van der Waals surface area contributed by atoms with Crippen LogP contribution in [0.15, 0.2) is 42.5 Å². The minimum Gasteiger partial charge on any atom is -0.306 e. The maximum Gasteiger partial charge on any atom is 0.127 e. The van der Waals surface area contributed by atoms with E-state index in [0.29, 0.717) is 12.1 Å². The topological polar surface area (TPSA) is 12.0 Å². The van der Waals surface area contributed by atoms with Crippen molar-refractivity contribution in [3.05, 3.63) is 70.8 Å². The van der Waals surface area contributed by atoms with E-state index in [0.717, 1.165) is 17.7 Å². The van der Waals surface area contributed by atoms with E-state index in [9.17, 15) is 8.78 Å². The minimum absolute atomic E-state index is 0.0864. The number of aryl methyl sites for hydroxylation is 1. The summed E-state index contributed by atoms with van der Waals surface area (Å²) in [6, 6.07) is 11.7. The molecule has 1 nitrogen and oxygen atoms in total. The van der Waals surface area contributed by atoms with Gasteiger partial charge in [-0.25, -0.2) is 8.78 Å². The van der Waals surface area contributed by atoms with Gasteiger partial charge < -0.3 is 5.32 Å². The lowest BCUT2D eigenvalue weighted by Gasteiger charge is -2.15. The summed E-state index contributed by atoms with van der Waals surface area (Å²) in [5.41, 5.74) is 2.67. The fourth-order valence-electron chi connectivity index (χ4n) is 1.91. The van der Waals surface area contributed by atoms with Crippen LogP contribution in [0, 0.1) is 18.6 Å². The van der Waals surface area contributed by atoms with Crippen molar-refractivity contribution in [1.29, 1.82) is 0 Å². The summed E-state index contributed by atoms with van der Waals surface area (Å²) in [7, 11) is 0. The highest BCUT2D eigenvalue weighted by Crippen LogP contribution is 2.15. The molecular formula is C16H17F2N. The van der Waals surface area contributed by atoms with Crippen molar-refractivity contribution in [2.24, 2.45) is 0 Å². The van der Waals surface area contributed by atoms with E-state index in [1.165, 1.54) is 11.6 Å². The molecule has 0 aliphatic rings. The Hall–Kier alpha value is -1.74. The van der Waals surface area contributed by atoms with Crippen molar-refractivity contribution in [2.75, 3.05) is 0 Å². The second kappa shape index (κ2) is 5.93. The molecule has 0 amide bonds. The van der Waals surface area contributed by atoms with Crippen LogP contribution in [0.25, 0.3) is 0 Å². The lowest BCUT2D eigenvalue weighted by molar-refractivity contribution is 0.535. The van der Waals surface area contributed by atoms with Gasteiger partial charge in [-0.15, -0.1) is 0 Å². The van der Waals surface area contributed by atoms with E-state index in [1.54, 1.807) is 0 Å². The van der Waals surface area contributed by atoms with Crippen molar-refractivity contribution in [1.82, 2.24) is 5.32 Å². The lowest BCUT2D eigenvalue weighted by atomic mass is 10.1. The molecule has 2 aromatic rings. The van der Waals surface area contributed by atoms with Crippen LogP contribution in [0.4, 0.5) is 8.78 Å². The minimum atomic E-state index is -0.416. The van der Waals surface area contributed by atoms with Crippen LogP contribution in [-0.2, 0) is 6.54 Å². The average molecular weight is 261 g/mol. The van der Waals surface area contributed by atoms with E-state index in [1.807, 2.05) is 38.1 Å². The zero-order valence-electron chi connectivity index (χ0n) is 11.1. The van der Waals surface area contributed by atoms with E-state index in [2.05, 4.69) is 5.32 Å². The molecule has 0 radical (unpaired) electrons. The Morgan fingerprint density at radius 1 is 1.05 bits per heavy atom. The first-order chi connectivity index (χ1) is 9.06. The predicted molar refractivity (Wildman–Crippen MR) is 72.8 cm³/mol. The molecule has 2 aromatic carbocycles. The Bertz CT molecular complexity index is 549. The van der Waals surface area contributed by atoms with Gasteiger partial charge in [0.1, 0.15) is 11.6 Å². The number of nitrogens with one attached hydrogen (secondary N) is 1. The Morgan fingerprint density at radius 2 is 1.74 bits per heavy atom. The SMILES string of the molecule is Cc1ccc([C@H](C)NCc2cc(F)ccc2F)cc1. The molecule has 1 N–H and O–H groups in total. The van der Waals surface area contributed by atoms with Gasteiger partial charge in [0, 0.05) is 18.2 Å². The monoisotopic (exact) mass is 261 g/mol. The molecule has 1 atom stereocenters. The number of hydrogen-bond donors (Lipinski definition) is 1. The molecule has 0 aromatic heterocycles. The molecule has 0 fully saturated rings. The van der Waals surface area contributed by atoms with Crippen LogP contribution in [0.1, 0.15) is 29.7 Å². The molecule has 0 saturated carbocycles. The summed E-state index contributed by atoms with van der Waals surface area (Å²) in [6.07, 6.45) is 0. The van der Waals surface area contributed by atoms with Gasteiger partial charge in [-0.2, -0.15) is 0 Å². The molecule has 0 saturated heterocycles. The van der Waals surface area contributed by atoms with Crippen LogP contribution in [0.2, 0.25) is 0 Å². The smallest absolute Gasteiger partial charge is 0.127 e. The van der Waals surface area contributed by atoms with E-state index >= 15 is 0 Å². The van der Waals surface area contributed by atoms with Gasteiger partial charge in [0.2, 0.25) is 0 Å². The second-order valence-corrected chi connectivity index (χ2v) is 4.75. The molecule has 0 unspecified atom stereocenters. The third-order valence-corrected chi connectivity index (χ3v) is 3.18. The molecule has 0 spiro atoms. The van der Waals surface area contributed by atoms with Crippen molar-refractivity contribution in [2.45, 2.75) is 26.4 Å². The molecule has 3 heteroatoms. The molecular weight excluding hydrogens is 244 g/mol. The largest absolute Gasteiger partial charge is 0.306 e. The summed E-state index contributed by atoms with van der Waals surface area (Å²) in [6.45, 7) is 4.34. The Morgan fingerprint density at radius 3 is 2.42 bits per heavy atom. The number of benzene rings is 2. The number of hydrogen-bond acceptors (Lipinski definition) is 1. The highest BCUT2D eigenvalue weighted by atomic mass is 19.1. The molecule has 0 bridgehead atoms. The fourth-order valence-corrected chi connectivity index (χ4v) is 1.91.